The van der Waals surface area contributed by atoms with Gasteiger partial charge in [0.1, 0.15) is 0 Å². The molecule has 5 heteroatoms. The molecule has 0 aromatic heterocycles. The van der Waals surface area contributed by atoms with Gasteiger partial charge in [-0.15, -0.1) is 0 Å². The van der Waals surface area contributed by atoms with Gasteiger partial charge in [-0.2, -0.15) is 0 Å². The van der Waals surface area contributed by atoms with Crippen LogP contribution >= 0.6 is 11.6 Å². The van der Waals surface area contributed by atoms with Crippen molar-refractivity contribution in [3.63, 3.8) is 0 Å². The molecule has 3 rings (SSSR count). The zero-order valence-electron chi connectivity index (χ0n) is 14.5. The van der Waals surface area contributed by atoms with Gasteiger partial charge in [0.15, 0.2) is 0 Å². The molecule has 0 saturated carbocycles. The summed E-state index contributed by atoms with van der Waals surface area (Å²) in [6, 6.07) is 15.6. The van der Waals surface area contributed by atoms with Gasteiger partial charge in [-0.1, -0.05) is 23.7 Å². The van der Waals surface area contributed by atoms with Crippen LogP contribution in [0.3, 0.4) is 0 Å². The first kappa shape index (κ1) is 17.8. The molecule has 0 aliphatic carbocycles. The normalized spacial score (nSPS) is 15.2. The fourth-order valence-corrected chi connectivity index (χ4v) is 3.09. The van der Waals surface area contributed by atoms with Gasteiger partial charge in [-0.3, -0.25) is 4.79 Å². The van der Waals surface area contributed by atoms with Gasteiger partial charge in [0, 0.05) is 49.0 Å². The van der Waals surface area contributed by atoms with Crippen molar-refractivity contribution in [1.82, 2.24) is 10.2 Å². The van der Waals surface area contributed by atoms with Crippen molar-refractivity contribution in [2.24, 2.45) is 0 Å². The summed E-state index contributed by atoms with van der Waals surface area (Å²) in [5.41, 5.74) is 3.14. The first-order valence-electron chi connectivity index (χ1n) is 8.68. The zero-order chi connectivity index (χ0) is 17.6. The van der Waals surface area contributed by atoms with Crippen LogP contribution in [0.1, 0.15) is 15.9 Å². The van der Waals surface area contributed by atoms with Crippen molar-refractivity contribution in [2.45, 2.75) is 6.42 Å². The van der Waals surface area contributed by atoms with Crippen LogP contribution in [0.2, 0.25) is 5.02 Å². The Labute approximate surface area is 154 Å². The highest BCUT2D eigenvalue weighted by molar-refractivity contribution is 6.30. The summed E-state index contributed by atoms with van der Waals surface area (Å²) < 4.78 is 0. The molecule has 1 aliphatic heterocycles. The summed E-state index contributed by atoms with van der Waals surface area (Å²) in [6.45, 7) is 4.99. The first-order valence-corrected chi connectivity index (χ1v) is 9.06. The quantitative estimate of drug-likeness (QED) is 0.893. The second-order valence-electron chi connectivity index (χ2n) is 6.47. The van der Waals surface area contributed by atoms with Gasteiger partial charge in [0.25, 0.3) is 5.91 Å². The van der Waals surface area contributed by atoms with Crippen molar-refractivity contribution >= 4 is 23.2 Å². The minimum Gasteiger partial charge on any atom is -0.369 e. The number of benzene rings is 2. The zero-order valence-corrected chi connectivity index (χ0v) is 15.3. The van der Waals surface area contributed by atoms with Crippen LogP contribution in [0.5, 0.6) is 0 Å². The van der Waals surface area contributed by atoms with Crippen LogP contribution in [0.4, 0.5) is 5.69 Å². The van der Waals surface area contributed by atoms with E-state index in [1.165, 1.54) is 11.3 Å². The third-order valence-electron chi connectivity index (χ3n) is 4.61. The Morgan fingerprint density at radius 1 is 1.00 bits per heavy atom. The molecule has 2 aromatic carbocycles. The summed E-state index contributed by atoms with van der Waals surface area (Å²) in [5.74, 6) is -0.0641. The number of rotatable bonds is 5. The summed E-state index contributed by atoms with van der Waals surface area (Å²) in [6.07, 6.45) is 0.822. The summed E-state index contributed by atoms with van der Waals surface area (Å²) in [5, 5.41) is 3.59. The minimum absolute atomic E-state index is 0.0641. The van der Waals surface area contributed by atoms with E-state index in [2.05, 4.69) is 46.4 Å². The smallest absolute Gasteiger partial charge is 0.251 e. The number of nitrogens with zero attached hydrogens (tertiary/aromatic N) is 2. The van der Waals surface area contributed by atoms with Gasteiger partial charge in [0.2, 0.25) is 0 Å². The van der Waals surface area contributed by atoms with E-state index in [1.54, 1.807) is 24.3 Å². The molecule has 25 heavy (non-hydrogen) atoms. The van der Waals surface area contributed by atoms with Gasteiger partial charge in [-0.25, -0.2) is 0 Å². The van der Waals surface area contributed by atoms with E-state index in [-0.39, 0.29) is 5.91 Å². The van der Waals surface area contributed by atoms with Crippen LogP contribution in [0.15, 0.2) is 48.5 Å². The lowest BCUT2D eigenvalue weighted by molar-refractivity contribution is 0.0954. The average molecular weight is 358 g/mol. The van der Waals surface area contributed by atoms with E-state index in [0.29, 0.717) is 17.1 Å². The third-order valence-corrected chi connectivity index (χ3v) is 4.86. The highest BCUT2D eigenvalue weighted by Crippen LogP contribution is 2.17. The van der Waals surface area contributed by atoms with E-state index in [4.69, 9.17) is 11.6 Å². The molecule has 0 unspecified atom stereocenters. The molecule has 1 heterocycles. The lowest BCUT2D eigenvalue weighted by Crippen LogP contribution is -2.44. The van der Waals surface area contributed by atoms with E-state index < -0.39 is 0 Å². The maximum atomic E-state index is 12.1. The van der Waals surface area contributed by atoms with E-state index in [9.17, 15) is 4.79 Å². The molecule has 1 aliphatic rings. The number of piperazine rings is 1. The largest absolute Gasteiger partial charge is 0.369 e. The van der Waals surface area contributed by atoms with Gasteiger partial charge in [0.05, 0.1) is 0 Å². The number of hydrogen-bond donors (Lipinski definition) is 1. The monoisotopic (exact) mass is 357 g/mol. The lowest BCUT2D eigenvalue weighted by atomic mass is 10.1. The molecule has 0 spiro atoms. The average Bonchev–Trinajstić information content (AvgIpc) is 2.63. The minimum atomic E-state index is -0.0641. The highest BCUT2D eigenvalue weighted by atomic mass is 35.5. The molecule has 1 N–H and O–H groups in total. The Kier molecular flexibility index (Phi) is 5.95. The van der Waals surface area contributed by atoms with Crippen LogP contribution in [0, 0.1) is 0 Å². The topological polar surface area (TPSA) is 35.6 Å². The predicted molar refractivity (Wildman–Crippen MR) is 104 cm³/mol. The fraction of sp³-hybridized carbons (Fsp3) is 0.350. The first-order chi connectivity index (χ1) is 12.1. The lowest BCUT2D eigenvalue weighted by Gasteiger charge is -2.34. The van der Waals surface area contributed by atoms with Gasteiger partial charge < -0.3 is 15.1 Å². The Morgan fingerprint density at radius 2 is 1.64 bits per heavy atom. The number of amides is 1. The molecule has 1 fully saturated rings. The predicted octanol–water partition coefficient (Wildman–Crippen LogP) is 3.06. The number of likely N-dealkylation sites (N-methyl/N-ethyl adjacent to an activating group) is 1. The number of carbonyl (C=O) groups excluding carboxylic acids is 1. The number of carbonyl (C=O) groups is 1. The van der Waals surface area contributed by atoms with E-state index >= 15 is 0 Å². The molecule has 1 saturated heterocycles. The third kappa shape index (κ3) is 4.97. The number of hydrogen-bond acceptors (Lipinski definition) is 3. The number of halogens is 1. The maximum absolute atomic E-state index is 12.1. The van der Waals surface area contributed by atoms with Crippen molar-refractivity contribution in [3.05, 3.63) is 64.7 Å². The fourth-order valence-electron chi connectivity index (χ4n) is 2.96. The summed E-state index contributed by atoms with van der Waals surface area (Å²) >= 11 is 5.84. The van der Waals surface area contributed by atoms with Crippen molar-refractivity contribution in [2.75, 3.05) is 44.7 Å². The Balaban J connectivity index is 1.47. The van der Waals surface area contributed by atoms with E-state index in [1.807, 2.05) is 0 Å². The second kappa shape index (κ2) is 8.37. The molecule has 4 nitrogen and oxygen atoms in total. The molecule has 0 atom stereocenters. The molecule has 1 amide bonds. The van der Waals surface area contributed by atoms with Crippen LogP contribution < -0.4 is 10.2 Å². The molecular weight excluding hydrogens is 334 g/mol. The summed E-state index contributed by atoms with van der Waals surface area (Å²) in [7, 11) is 2.17. The van der Waals surface area contributed by atoms with Crippen molar-refractivity contribution in [3.8, 4) is 0 Å². The van der Waals surface area contributed by atoms with Gasteiger partial charge in [-0.05, 0) is 55.4 Å². The van der Waals surface area contributed by atoms with Crippen LogP contribution in [-0.2, 0) is 6.42 Å². The van der Waals surface area contributed by atoms with Crippen LogP contribution in [-0.4, -0.2) is 50.6 Å². The Hall–Kier alpha value is -2.04. The van der Waals surface area contributed by atoms with Crippen molar-refractivity contribution < 1.29 is 4.79 Å². The molecule has 132 valence electrons. The van der Waals surface area contributed by atoms with Gasteiger partial charge >= 0.3 is 0 Å². The Morgan fingerprint density at radius 3 is 2.28 bits per heavy atom. The highest BCUT2D eigenvalue weighted by Gasteiger charge is 2.13. The Bertz CT molecular complexity index is 692. The standard InChI is InChI=1S/C20H24ClN3O/c1-23-12-14-24(15-13-23)19-8-2-16(3-9-19)10-11-22-20(25)17-4-6-18(21)7-5-17/h2-9H,10-15H2,1H3,(H,22,25). The SMILES string of the molecule is CN1CCN(c2ccc(CCNC(=O)c3ccc(Cl)cc3)cc2)CC1. The van der Waals surface area contributed by atoms with Crippen molar-refractivity contribution in [1.29, 1.82) is 0 Å². The molecule has 0 radical (unpaired) electrons. The maximum Gasteiger partial charge on any atom is 0.251 e. The summed E-state index contributed by atoms with van der Waals surface area (Å²) in [4.78, 5) is 16.8. The number of anilines is 1. The molecular formula is C20H24ClN3O. The molecule has 2 aromatic rings. The molecule has 0 bridgehead atoms. The van der Waals surface area contributed by atoms with Crippen LogP contribution in [0.25, 0.3) is 0 Å². The van der Waals surface area contributed by atoms with E-state index in [0.717, 1.165) is 32.6 Å². The number of nitrogens with one attached hydrogen (secondary N) is 1. The second-order valence-corrected chi connectivity index (χ2v) is 6.91.